The Kier molecular flexibility index (Phi) is 4.37. The molecule has 104 valence electrons. The molecule has 0 aromatic carbocycles. The molecule has 5 heteroatoms. The van der Waals surface area contributed by atoms with Crippen molar-refractivity contribution < 1.29 is 9.59 Å². The Morgan fingerprint density at radius 2 is 1.89 bits per heavy atom. The average Bonchev–Trinajstić information content (AvgIpc) is 2.26. The molecular weight excluding hydrogens is 230 g/mol. The van der Waals surface area contributed by atoms with Gasteiger partial charge in [0.25, 0.3) is 0 Å². The highest BCUT2D eigenvalue weighted by Crippen LogP contribution is 2.19. The van der Waals surface area contributed by atoms with Gasteiger partial charge in [0.1, 0.15) is 0 Å². The molecule has 0 unspecified atom stereocenters. The molecule has 1 heterocycles. The van der Waals surface area contributed by atoms with Crippen LogP contribution < -0.4 is 5.73 Å². The van der Waals surface area contributed by atoms with Crippen molar-refractivity contribution in [2.24, 2.45) is 11.7 Å². The fourth-order valence-corrected chi connectivity index (χ4v) is 2.20. The van der Waals surface area contributed by atoms with Crippen LogP contribution in [0.15, 0.2) is 0 Å². The molecule has 0 aliphatic carbocycles. The summed E-state index contributed by atoms with van der Waals surface area (Å²) in [7, 11) is 0. The molecule has 5 nitrogen and oxygen atoms in total. The first-order valence-electron chi connectivity index (χ1n) is 6.53. The lowest BCUT2D eigenvalue weighted by Crippen LogP contribution is -2.62. The van der Waals surface area contributed by atoms with Gasteiger partial charge in [0, 0.05) is 32.6 Å². The minimum atomic E-state index is -0.835. The summed E-state index contributed by atoms with van der Waals surface area (Å²) >= 11 is 0. The van der Waals surface area contributed by atoms with Gasteiger partial charge < -0.3 is 15.5 Å². The molecule has 1 fully saturated rings. The van der Waals surface area contributed by atoms with Crippen molar-refractivity contribution in [2.45, 2.75) is 46.2 Å². The number of carbonyl (C=O) groups is 2. The number of piperazine rings is 1. The van der Waals surface area contributed by atoms with E-state index >= 15 is 0 Å². The highest BCUT2D eigenvalue weighted by Gasteiger charge is 2.38. The van der Waals surface area contributed by atoms with Gasteiger partial charge in [-0.25, -0.2) is 0 Å². The van der Waals surface area contributed by atoms with Crippen LogP contribution >= 0.6 is 0 Å². The van der Waals surface area contributed by atoms with E-state index in [0.717, 1.165) is 0 Å². The van der Waals surface area contributed by atoms with Crippen LogP contribution in [0.5, 0.6) is 0 Å². The number of nitrogens with two attached hydrogens (primary N) is 1. The molecule has 2 amide bonds. The Morgan fingerprint density at radius 3 is 2.28 bits per heavy atom. The number of nitrogens with zero attached hydrogens (tertiary/aromatic N) is 2. The van der Waals surface area contributed by atoms with Crippen molar-refractivity contribution in [3.63, 3.8) is 0 Å². The van der Waals surface area contributed by atoms with Crippen LogP contribution in [0.2, 0.25) is 0 Å². The first-order valence-corrected chi connectivity index (χ1v) is 6.53. The van der Waals surface area contributed by atoms with E-state index in [1.165, 1.54) is 0 Å². The maximum absolute atomic E-state index is 12.4. The normalized spacial score (nSPS) is 24.1. The van der Waals surface area contributed by atoms with E-state index in [1.54, 1.807) is 23.6 Å². The average molecular weight is 255 g/mol. The van der Waals surface area contributed by atoms with Crippen LogP contribution in [0.1, 0.15) is 34.6 Å². The highest BCUT2D eigenvalue weighted by atomic mass is 16.2. The van der Waals surface area contributed by atoms with Crippen LogP contribution in [-0.2, 0) is 9.59 Å². The molecule has 0 bridgehead atoms. The number of rotatable bonds is 2. The summed E-state index contributed by atoms with van der Waals surface area (Å²) in [5, 5.41) is 0. The Balaban J connectivity index is 2.72. The predicted octanol–water partition coefficient (Wildman–Crippen LogP) is 0.439. The van der Waals surface area contributed by atoms with Crippen molar-refractivity contribution in [1.29, 1.82) is 0 Å². The highest BCUT2D eigenvalue weighted by molar-refractivity contribution is 5.86. The quantitative estimate of drug-likeness (QED) is 0.778. The molecule has 2 N–H and O–H groups in total. The van der Waals surface area contributed by atoms with Gasteiger partial charge in [0.05, 0.1) is 5.54 Å². The standard InChI is InChI=1S/C13H25N3O2/c1-9(2)13(5,14)12(18)15-6-7-16(11(4)17)10(3)8-15/h9-10H,6-8,14H2,1-5H3/t10-,13+/m0/s1. The Hall–Kier alpha value is -1.10. The molecule has 0 aromatic rings. The molecular formula is C13H25N3O2. The first kappa shape index (κ1) is 15.0. The van der Waals surface area contributed by atoms with Gasteiger partial charge in [-0.15, -0.1) is 0 Å². The minimum Gasteiger partial charge on any atom is -0.337 e. The summed E-state index contributed by atoms with van der Waals surface area (Å²) in [5.74, 6) is 0.132. The fourth-order valence-electron chi connectivity index (χ4n) is 2.20. The van der Waals surface area contributed by atoms with Gasteiger partial charge in [-0.1, -0.05) is 13.8 Å². The molecule has 0 saturated carbocycles. The van der Waals surface area contributed by atoms with Crippen molar-refractivity contribution in [3.05, 3.63) is 0 Å². The summed E-state index contributed by atoms with van der Waals surface area (Å²) in [5.41, 5.74) is 5.27. The van der Waals surface area contributed by atoms with E-state index in [4.69, 9.17) is 5.73 Å². The van der Waals surface area contributed by atoms with Crippen molar-refractivity contribution in [1.82, 2.24) is 9.80 Å². The molecule has 18 heavy (non-hydrogen) atoms. The second-order valence-corrected chi connectivity index (χ2v) is 5.75. The molecule has 1 aliphatic heterocycles. The molecule has 0 aromatic heterocycles. The maximum atomic E-state index is 12.4. The van der Waals surface area contributed by atoms with Crippen LogP contribution in [0, 0.1) is 5.92 Å². The molecule has 2 atom stereocenters. The lowest BCUT2D eigenvalue weighted by molar-refractivity contribution is -0.145. The van der Waals surface area contributed by atoms with Crippen LogP contribution in [0.3, 0.4) is 0 Å². The summed E-state index contributed by atoms with van der Waals surface area (Å²) < 4.78 is 0. The molecule has 1 rings (SSSR count). The summed E-state index contributed by atoms with van der Waals surface area (Å²) in [6.07, 6.45) is 0. The zero-order valence-electron chi connectivity index (χ0n) is 12.1. The van der Waals surface area contributed by atoms with Gasteiger partial charge in [-0.2, -0.15) is 0 Å². The van der Waals surface area contributed by atoms with Gasteiger partial charge in [0.2, 0.25) is 11.8 Å². The van der Waals surface area contributed by atoms with Crippen LogP contribution in [0.25, 0.3) is 0 Å². The lowest BCUT2D eigenvalue weighted by Gasteiger charge is -2.42. The van der Waals surface area contributed by atoms with Crippen molar-refractivity contribution in [3.8, 4) is 0 Å². The second-order valence-electron chi connectivity index (χ2n) is 5.75. The number of carbonyl (C=O) groups excluding carboxylic acids is 2. The number of amides is 2. The van der Waals surface area contributed by atoms with E-state index in [-0.39, 0.29) is 23.8 Å². The first-order chi connectivity index (χ1) is 8.17. The largest absolute Gasteiger partial charge is 0.337 e. The Labute approximate surface area is 109 Å². The van der Waals surface area contributed by atoms with E-state index in [0.29, 0.717) is 19.6 Å². The van der Waals surface area contributed by atoms with Gasteiger partial charge in [0.15, 0.2) is 0 Å². The third-order valence-electron chi connectivity index (χ3n) is 3.98. The summed E-state index contributed by atoms with van der Waals surface area (Å²) in [6.45, 7) is 10.9. The fraction of sp³-hybridized carbons (Fsp3) is 0.846. The van der Waals surface area contributed by atoms with Crippen LogP contribution in [-0.4, -0.2) is 52.8 Å². The SMILES string of the molecule is CC(=O)N1CCN(C(=O)[C@](C)(N)C(C)C)C[C@@H]1C. The molecule has 1 aliphatic rings. The lowest BCUT2D eigenvalue weighted by atomic mass is 9.88. The van der Waals surface area contributed by atoms with Crippen molar-refractivity contribution in [2.75, 3.05) is 19.6 Å². The topological polar surface area (TPSA) is 66.6 Å². The van der Waals surface area contributed by atoms with E-state index in [1.807, 2.05) is 20.8 Å². The monoisotopic (exact) mass is 255 g/mol. The molecule has 0 spiro atoms. The number of hydrogen-bond donors (Lipinski definition) is 1. The van der Waals surface area contributed by atoms with Crippen LogP contribution in [0.4, 0.5) is 0 Å². The Bertz CT molecular complexity index is 339. The summed E-state index contributed by atoms with van der Waals surface area (Å²) in [6, 6.07) is 0.0585. The third-order valence-corrected chi connectivity index (χ3v) is 3.98. The summed E-state index contributed by atoms with van der Waals surface area (Å²) in [4.78, 5) is 27.3. The maximum Gasteiger partial charge on any atom is 0.242 e. The molecule has 0 radical (unpaired) electrons. The predicted molar refractivity (Wildman–Crippen MR) is 70.9 cm³/mol. The van der Waals surface area contributed by atoms with E-state index in [2.05, 4.69) is 0 Å². The van der Waals surface area contributed by atoms with Gasteiger partial charge >= 0.3 is 0 Å². The zero-order valence-corrected chi connectivity index (χ0v) is 12.1. The number of hydrogen-bond acceptors (Lipinski definition) is 3. The minimum absolute atomic E-state index is 0.0208. The zero-order chi connectivity index (χ0) is 14.1. The van der Waals surface area contributed by atoms with Gasteiger partial charge in [-0.05, 0) is 19.8 Å². The van der Waals surface area contributed by atoms with E-state index in [9.17, 15) is 9.59 Å². The van der Waals surface area contributed by atoms with Gasteiger partial charge in [-0.3, -0.25) is 9.59 Å². The third kappa shape index (κ3) is 2.83. The molecule has 1 saturated heterocycles. The Morgan fingerprint density at radius 1 is 1.33 bits per heavy atom. The van der Waals surface area contributed by atoms with E-state index < -0.39 is 5.54 Å². The van der Waals surface area contributed by atoms with Crippen molar-refractivity contribution >= 4 is 11.8 Å². The second kappa shape index (κ2) is 5.26. The smallest absolute Gasteiger partial charge is 0.242 e.